The van der Waals surface area contributed by atoms with Gasteiger partial charge in [0.1, 0.15) is 11.6 Å². The lowest BCUT2D eigenvalue weighted by Gasteiger charge is -2.31. The summed E-state index contributed by atoms with van der Waals surface area (Å²) in [6.07, 6.45) is 2.34. The van der Waals surface area contributed by atoms with E-state index in [1.807, 2.05) is 12.1 Å². The number of amides is 4. The quantitative estimate of drug-likeness (QED) is 0.534. The molecule has 2 aromatic rings. The normalized spacial score (nSPS) is 22.7. The number of benzene rings is 2. The van der Waals surface area contributed by atoms with E-state index >= 15 is 0 Å². The monoisotopic (exact) mass is 441 g/mol. The molecule has 5 rings (SSSR count). The summed E-state index contributed by atoms with van der Waals surface area (Å²) in [5, 5.41) is 2.65. The zero-order chi connectivity index (χ0) is 21.8. The third-order valence-corrected chi connectivity index (χ3v) is 6.34. The zero-order valence-corrected chi connectivity index (χ0v) is 17.4. The van der Waals surface area contributed by atoms with Crippen LogP contribution in [0.4, 0.5) is 9.18 Å². The van der Waals surface area contributed by atoms with Crippen molar-refractivity contribution < 1.29 is 23.5 Å². The van der Waals surface area contributed by atoms with Crippen LogP contribution in [0.3, 0.4) is 0 Å². The number of ether oxygens (including phenoxy) is 1. The molecule has 9 heteroatoms. The van der Waals surface area contributed by atoms with Crippen molar-refractivity contribution in [2.24, 2.45) is 5.92 Å². The number of urea groups is 1. The lowest BCUT2D eigenvalue weighted by atomic mass is 9.89. The van der Waals surface area contributed by atoms with E-state index in [-0.39, 0.29) is 19.0 Å². The summed E-state index contributed by atoms with van der Waals surface area (Å²) in [5.41, 5.74) is 0.163. The van der Waals surface area contributed by atoms with Crippen molar-refractivity contribution in [2.45, 2.75) is 24.9 Å². The van der Waals surface area contributed by atoms with Gasteiger partial charge in [-0.05, 0) is 54.2 Å². The molecule has 3 aliphatic rings. The van der Waals surface area contributed by atoms with Crippen LogP contribution in [-0.2, 0) is 16.9 Å². The Bertz CT molecular complexity index is 1090. The molecule has 0 bridgehead atoms. The van der Waals surface area contributed by atoms with Crippen LogP contribution in [-0.4, -0.2) is 40.2 Å². The summed E-state index contributed by atoms with van der Waals surface area (Å²) in [4.78, 5) is 39.9. The van der Waals surface area contributed by atoms with Gasteiger partial charge in [0.2, 0.25) is 0 Å². The first kappa shape index (κ1) is 19.9. The van der Waals surface area contributed by atoms with Crippen LogP contribution in [0.25, 0.3) is 0 Å². The van der Waals surface area contributed by atoms with Gasteiger partial charge in [-0.25, -0.2) is 13.5 Å². The van der Waals surface area contributed by atoms with Gasteiger partial charge in [-0.3, -0.25) is 9.59 Å². The maximum absolute atomic E-state index is 13.5. The molecule has 160 valence electrons. The van der Waals surface area contributed by atoms with Crippen molar-refractivity contribution >= 4 is 30.7 Å². The highest BCUT2D eigenvalue weighted by Gasteiger charge is 2.54. The number of hydrogen-bond donors (Lipinski definition) is 2. The molecule has 0 spiro atoms. The Kier molecular flexibility index (Phi) is 4.65. The van der Waals surface area contributed by atoms with Crippen LogP contribution in [0, 0.1) is 11.7 Å². The molecule has 1 saturated heterocycles. The molecule has 7 nitrogen and oxygen atoms in total. The summed E-state index contributed by atoms with van der Waals surface area (Å²) in [6.45, 7) is 0.824. The van der Waals surface area contributed by atoms with E-state index in [0.717, 1.165) is 5.56 Å². The molecule has 0 radical (unpaired) electrons. The van der Waals surface area contributed by atoms with E-state index < -0.39 is 23.3 Å². The summed E-state index contributed by atoms with van der Waals surface area (Å²) in [7, 11) is 0. The smallest absolute Gasteiger partial charge is 0.335 e. The van der Waals surface area contributed by atoms with Crippen LogP contribution in [0.15, 0.2) is 42.5 Å². The zero-order valence-electron chi connectivity index (χ0n) is 16.5. The first-order valence-electron chi connectivity index (χ1n) is 10.0. The highest BCUT2D eigenvalue weighted by molar-refractivity contribution is 7.79. The number of halogens is 1. The number of thiol groups is 1. The SMILES string of the molecule is O=C1c2cc(OCC3CC3)ccc2CN1C[C@@]1(c2ccc(F)cc2)NC(=O)N(S)C1=O. The number of nitrogens with zero attached hydrogens (tertiary/aromatic N) is 2. The van der Waals surface area contributed by atoms with E-state index in [0.29, 0.717) is 33.7 Å². The molecule has 0 aromatic heterocycles. The first-order chi connectivity index (χ1) is 14.9. The minimum Gasteiger partial charge on any atom is -0.493 e. The maximum atomic E-state index is 13.5. The standard InChI is InChI=1S/C22H20FN3O4S/c23-16-6-4-15(5-7-16)22(20(28)26(31)21(29)24-22)12-25-10-14-3-8-17(9-18(14)19(25)27)30-11-13-1-2-13/h3-9,13,31H,1-2,10-12H2,(H,24,29)/t22-/m0/s1. The van der Waals surface area contributed by atoms with Crippen molar-refractivity contribution in [3.05, 3.63) is 65.0 Å². The molecule has 2 aliphatic heterocycles. The molecule has 1 atom stereocenters. The van der Waals surface area contributed by atoms with Gasteiger partial charge in [0.25, 0.3) is 11.8 Å². The number of carbonyl (C=O) groups excluding carboxylic acids is 3. The second-order valence-corrected chi connectivity index (χ2v) is 8.59. The Hall–Kier alpha value is -3.07. The molecule has 1 N–H and O–H groups in total. The number of carbonyl (C=O) groups is 3. The topological polar surface area (TPSA) is 79.0 Å². The minimum atomic E-state index is -1.55. The molecular formula is C22H20FN3O4S. The Morgan fingerprint density at radius 2 is 1.87 bits per heavy atom. The Morgan fingerprint density at radius 1 is 1.13 bits per heavy atom. The third-order valence-electron chi connectivity index (χ3n) is 5.98. The number of hydrogen-bond acceptors (Lipinski definition) is 5. The summed E-state index contributed by atoms with van der Waals surface area (Å²) in [6, 6.07) is 9.99. The van der Waals surface area contributed by atoms with Crippen LogP contribution in [0.1, 0.15) is 34.3 Å². The first-order valence-corrected chi connectivity index (χ1v) is 10.4. The highest BCUT2D eigenvalue weighted by Crippen LogP contribution is 2.35. The lowest BCUT2D eigenvalue weighted by Crippen LogP contribution is -2.52. The number of rotatable bonds is 6. The molecule has 2 fully saturated rings. The molecule has 31 heavy (non-hydrogen) atoms. The van der Waals surface area contributed by atoms with Gasteiger partial charge in [0.05, 0.1) is 13.2 Å². The van der Waals surface area contributed by atoms with Gasteiger partial charge in [-0.15, -0.1) is 0 Å². The average molecular weight is 441 g/mol. The predicted octanol–water partition coefficient (Wildman–Crippen LogP) is 2.86. The second kappa shape index (κ2) is 7.26. The fourth-order valence-corrected chi connectivity index (χ4v) is 4.25. The number of fused-ring (bicyclic) bond motifs is 1. The van der Waals surface area contributed by atoms with Crippen LogP contribution in [0.2, 0.25) is 0 Å². The summed E-state index contributed by atoms with van der Waals surface area (Å²) < 4.78 is 19.9. The fourth-order valence-electron chi connectivity index (χ4n) is 4.03. The predicted molar refractivity (Wildman–Crippen MR) is 112 cm³/mol. The molecule has 2 aromatic carbocycles. The second-order valence-electron chi connectivity index (χ2n) is 8.19. The van der Waals surface area contributed by atoms with E-state index in [2.05, 4.69) is 18.1 Å². The lowest BCUT2D eigenvalue weighted by molar-refractivity contribution is -0.128. The van der Waals surface area contributed by atoms with Gasteiger partial charge in [0.15, 0.2) is 5.54 Å². The van der Waals surface area contributed by atoms with Crippen molar-refractivity contribution in [1.29, 1.82) is 0 Å². The van der Waals surface area contributed by atoms with Crippen LogP contribution < -0.4 is 10.1 Å². The highest BCUT2D eigenvalue weighted by atomic mass is 32.1. The van der Waals surface area contributed by atoms with E-state index in [4.69, 9.17) is 4.74 Å². The minimum absolute atomic E-state index is 0.105. The van der Waals surface area contributed by atoms with Crippen molar-refractivity contribution in [3.63, 3.8) is 0 Å². The number of imide groups is 1. The van der Waals surface area contributed by atoms with Gasteiger partial charge in [-0.1, -0.05) is 31.0 Å². The summed E-state index contributed by atoms with van der Waals surface area (Å²) in [5.74, 6) is -0.113. The summed E-state index contributed by atoms with van der Waals surface area (Å²) >= 11 is 3.97. The van der Waals surface area contributed by atoms with Crippen molar-refractivity contribution in [1.82, 2.24) is 14.5 Å². The van der Waals surface area contributed by atoms with Crippen molar-refractivity contribution in [3.8, 4) is 5.75 Å². The van der Waals surface area contributed by atoms with Crippen LogP contribution in [0.5, 0.6) is 5.75 Å². The fraction of sp³-hybridized carbons (Fsp3) is 0.318. The van der Waals surface area contributed by atoms with E-state index in [9.17, 15) is 18.8 Å². The Balaban J connectivity index is 1.43. The molecule has 0 unspecified atom stereocenters. The molecule has 4 amide bonds. The molecule has 1 saturated carbocycles. The van der Waals surface area contributed by atoms with E-state index in [1.54, 1.807) is 6.07 Å². The van der Waals surface area contributed by atoms with Crippen molar-refractivity contribution in [2.75, 3.05) is 13.2 Å². The molecule has 2 heterocycles. The van der Waals surface area contributed by atoms with Gasteiger partial charge in [-0.2, -0.15) is 0 Å². The van der Waals surface area contributed by atoms with Crippen LogP contribution >= 0.6 is 12.8 Å². The largest absolute Gasteiger partial charge is 0.493 e. The van der Waals surface area contributed by atoms with Gasteiger partial charge >= 0.3 is 6.03 Å². The number of nitrogens with one attached hydrogen (secondary N) is 1. The molecular weight excluding hydrogens is 421 g/mol. The maximum Gasteiger partial charge on any atom is 0.335 e. The Morgan fingerprint density at radius 3 is 2.52 bits per heavy atom. The molecule has 1 aliphatic carbocycles. The van der Waals surface area contributed by atoms with E-state index in [1.165, 1.54) is 42.0 Å². The van der Waals surface area contributed by atoms with Gasteiger partial charge in [0, 0.05) is 12.1 Å². The van der Waals surface area contributed by atoms with Gasteiger partial charge < -0.3 is 15.0 Å². The average Bonchev–Trinajstić information content (AvgIpc) is 3.51. The third kappa shape index (κ3) is 3.42. The Labute approximate surface area is 183 Å².